The van der Waals surface area contributed by atoms with Crippen LogP contribution in [-0.2, 0) is 9.47 Å². The van der Waals surface area contributed by atoms with Crippen molar-refractivity contribution in [1.29, 1.82) is 0 Å². The molecule has 3 heterocycles. The second kappa shape index (κ2) is 5.92. The topological polar surface area (TPSA) is 38.7 Å². The Labute approximate surface area is 117 Å². The summed E-state index contributed by atoms with van der Waals surface area (Å²) in [5.74, 6) is 4.69. The van der Waals surface area contributed by atoms with Crippen molar-refractivity contribution in [3.8, 4) is 0 Å². The first-order chi connectivity index (χ1) is 8.79. The van der Waals surface area contributed by atoms with Gasteiger partial charge in [-0.3, -0.25) is 0 Å². The zero-order valence-corrected chi connectivity index (χ0v) is 12.3. The van der Waals surface area contributed by atoms with Gasteiger partial charge in [0.25, 0.3) is 0 Å². The van der Waals surface area contributed by atoms with Crippen molar-refractivity contribution in [2.24, 2.45) is 5.92 Å². The van der Waals surface area contributed by atoms with Gasteiger partial charge in [-0.25, -0.2) is 0 Å². The lowest BCUT2D eigenvalue weighted by Gasteiger charge is -2.41. The highest BCUT2D eigenvalue weighted by atomic mass is 32.2. The standard InChI is InChI=1S/C13H22O3S2/c14-12(11-8-17-6-4-15-11)10-1-3-16-13(7-10)2-5-18-9-13/h10-12,14H,1-9H2. The van der Waals surface area contributed by atoms with Crippen molar-refractivity contribution in [3.63, 3.8) is 0 Å². The molecular formula is C13H22O3S2. The fourth-order valence-electron chi connectivity index (χ4n) is 3.23. The van der Waals surface area contributed by atoms with Gasteiger partial charge in [-0.2, -0.15) is 23.5 Å². The van der Waals surface area contributed by atoms with Crippen molar-refractivity contribution in [1.82, 2.24) is 0 Å². The number of hydrogen-bond acceptors (Lipinski definition) is 5. The Balaban J connectivity index is 1.60. The molecule has 0 radical (unpaired) electrons. The van der Waals surface area contributed by atoms with E-state index in [1.54, 1.807) is 0 Å². The zero-order chi connectivity index (χ0) is 12.4. The summed E-state index contributed by atoms with van der Waals surface area (Å²) in [6, 6.07) is 0. The fraction of sp³-hybridized carbons (Fsp3) is 1.00. The molecule has 0 bridgehead atoms. The van der Waals surface area contributed by atoms with Gasteiger partial charge in [0.05, 0.1) is 24.4 Å². The highest BCUT2D eigenvalue weighted by molar-refractivity contribution is 7.99. The predicted octanol–water partition coefficient (Wildman–Crippen LogP) is 1.78. The molecule has 3 nitrogen and oxygen atoms in total. The lowest BCUT2D eigenvalue weighted by Crippen LogP contribution is -2.48. The molecule has 0 aromatic carbocycles. The van der Waals surface area contributed by atoms with Crippen molar-refractivity contribution in [3.05, 3.63) is 0 Å². The van der Waals surface area contributed by atoms with Crippen molar-refractivity contribution in [2.45, 2.75) is 37.1 Å². The van der Waals surface area contributed by atoms with Gasteiger partial charge in [0.1, 0.15) is 0 Å². The van der Waals surface area contributed by atoms with E-state index in [2.05, 4.69) is 0 Å². The van der Waals surface area contributed by atoms with Crippen LogP contribution in [0.2, 0.25) is 0 Å². The minimum absolute atomic E-state index is 0.0398. The minimum Gasteiger partial charge on any atom is -0.390 e. The average molecular weight is 290 g/mol. The molecular weight excluding hydrogens is 268 g/mol. The number of ether oxygens (including phenoxy) is 2. The molecule has 3 rings (SSSR count). The molecule has 104 valence electrons. The van der Waals surface area contributed by atoms with E-state index in [4.69, 9.17) is 9.47 Å². The average Bonchev–Trinajstić information content (AvgIpc) is 2.87. The number of aliphatic hydroxyl groups is 1. The predicted molar refractivity (Wildman–Crippen MR) is 76.4 cm³/mol. The van der Waals surface area contributed by atoms with Crippen molar-refractivity contribution >= 4 is 23.5 Å². The lowest BCUT2D eigenvalue weighted by molar-refractivity contribution is -0.125. The first kappa shape index (κ1) is 13.6. The third-order valence-electron chi connectivity index (χ3n) is 4.30. The smallest absolute Gasteiger partial charge is 0.0927 e. The van der Waals surface area contributed by atoms with E-state index in [0.29, 0.717) is 5.92 Å². The minimum atomic E-state index is -0.302. The van der Waals surface area contributed by atoms with E-state index in [0.717, 1.165) is 49.7 Å². The van der Waals surface area contributed by atoms with E-state index in [1.165, 1.54) is 5.75 Å². The summed E-state index contributed by atoms with van der Waals surface area (Å²) in [6.45, 7) is 1.60. The Hall–Kier alpha value is 0.580. The maximum Gasteiger partial charge on any atom is 0.0927 e. The molecule has 3 saturated heterocycles. The van der Waals surface area contributed by atoms with E-state index in [-0.39, 0.29) is 17.8 Å². The number of thioether (sulfide) groups is 2. The van der Waals surface area contributed by atoms with Crippen LogP contribution in [0.25, 0.3) is 0 Å². The summed E-state index contributed by atoms with van der Waals surface area (Å²) in [7, 11) is 0. The molecule has 1 spiro atoms. The van der Waals surface area contributed by atoms with Crippen molar-refractivity contribution < 1.29 is 14.6 Å². The molecule has 18 heavy (non-hydrogen) atoms. The Morgan fingerprint density at radius 3 is 2.89 bits per heavy atom. The highest BCUT2D eigenvalue weighted by Crippen LogP contribution is 2.42. The van der Waals surface area contributed by atoms with Gasteiger partial charge >= 0.3 is 0 Å². The van der Waals surface area contributed by atoms with Gasteiger partial charge in [-0.15, -0.1) is 0 Å². The number of rotatable bonds is 2. The molecule has 0 aromatic heterocycles. The molecule has 0 amide bonds. The van der Waals surface area contributed by atoms with Crippen LogP contribution in [0.4, 0.5) is 0 Å². The normalized spacial score (nSPS) is 43.2. The first-order valence-corrected chi connectivity index (χ1v) is 9.19. The highest BCUT2D eigenvalue weighted by Gasteiger charge is 2.43. The van der Waals surface area contributed by atoms with E-state index >= 15 is 0 Å². The van der Waals surface area contributed by atoms with Gasteiger partial charge in [-0.05, 0) is 30.9 Å². The second-order valence-corrected chi connectivity index (χ2v) is 7.82. The van der Waals surface area contributed by atoms with Crippen LogP contribution in [0.5, 0.6) is 0 Å². The van der Waals surface area contributed by atoms with Crippen LogP contribution in [0.1, 0.15) is 19.3 Å². The van der Waals surface area contributed by atoms with Gasteiger partial charge < -0.3 is 14.6 Å². The summed E-state index contributed by atoms with van der Waals surface area (Å²) >= 11 is 3.89. The molecule has 5 heteroatoms. The molecule has 4 atom stereocenters. The first-order valence-electron chi connectivity index (χ1n) is 6.88. The Kier molecular flexibility index (Phi) is 4.46. The van der Waals surface area contributed by atoms with Gasteiger partial charge in [0, 0.05) is 23.9 Å². The summed E-state index contributed by atoms with van der Waals surface area (Å²) in [6.07, 6.45) is 2.90. The van der Waals surface area contributed by atoms with E-state index < -0.39 is 0 Å². The monoisotopic (exact) mass is 290 g/mol. The van der Waals surface area contributed by atoms with Crippen LogP contribution < -0.4 is 0 Å². The van der Waals surface area contributed by atoms with E-state index in [1.807, 2.05) is 23.5 Å². The van der Waals surface area contributed by atoms with Crippen molar-refractivity contribution in [2.75, 3.05) is 36.2 Å². The lowest BCUT2D eigenvalue weighted by atomic mass is 9.81. The molecule has 3 aliphatic heterocycles. The van der Waals surface area contributed by atoms with Gasteiger partial charge in [-0.1, -0.05) is 0 Å². The van der Waals surface area contributed by atoms with Crippen LogP contribution in [-0.4, -0.2) is 59.1 Å². The number of hydrogen-bond donors (Lipinski definition) is 1. The van der Waals surface area contributed by atoms with Crippen LogP contribution in [0, 0.1) is 5.92 Å². The van der Waals surface area contributed by atoms with Crippen LogP contribution in [0.3, 0.4) is 0 Å². The molecule has 0 aromatic rings. The quantitative estimate of drug-likeness (QED) is 0.839. The second-order valence-electron chi connectivity index (χ2n) is 5.56. The zero-order valence-electron chi connectivity index (χ0n) is 10.7. The third-order valence-corrected chi connectivity index (χ3v) is 6.55. The van der Waals surface area contributed by atoms with E-state index in [9.17, 15) is 5.11 Å². The number of aliphatic hydroxyl groups excluding tert-OH is 1. The van der Waals surface area contributed by atoms with Crippen LogP contribution >= 0.6 is 23.5 Å². The van der Waals surface area contributed by atoms with Crippen LogP contribution in [0.15, 0.2) is 0 Å². The molecule has 1 N–H and O–H groups in total. The maximum absolute atomic E-state index is 10.5. The molecule has 0 aliphatic carbocycles. The Morgan fingerprint density at radius 2 is 2.17 bits per heavy atom. The maximum atomic E-state index is 10.5. The largest absolute Gasteiger partial charge is 0.390 e. The molecule has 0 saturated carbocycles. The van der Waals surface area contributed by atoms with Gasteiger partial charge in [0.2, 0.25) is 0 Å². The Morgan fingerprint density at radius 1 is 1.22 bits per heavy atom. The third kappa shape index (κ3) is 2.85. The molecule has 3 aliphatic rings. The summed E-state index contributed by atoms with van der Waals surface area (Å²) in [5, 5.41) is 10.5. The fourth-order valence-corrected chi connectivity index (χ4v) is 5.51. The SMILES string of the molecule is OC(C1CCOC2(CCSC2)C1)C1CSCCO1. The Bertz CT molecular complexity index is 275. The van der Waals surface area contributed by atoms with Gasteiger partial charge in [0.15, 0.2) is 0 Å². The molecule has 3 fully saturated rings. The summed E-state index contributed by atoms with van der Waals surface area (Å²) in [4.78, 5) is 0. The molecule has 4 unspecified atom stereocenters. The summed E-state index contributed by atoms with van der Waals surface area (Å²) in [5.41, 5.74) is 0.0658. The summed E-state index contributed by atoms with van der Waals surface area (Å²) < 4.78 is 11.7.